The molecule has 0 aliphatic heterocycles. The number of pyridine rings is 1. The van der Waals surface area contributed by atoms with Gasteiger partial charge in [0.05, 0.1) is 0 Å². The molecule has 3 rings (SSSR count). The molecular weight excluding hydrogens is 318 g/mol. The highest BCUT2D eigenvalue weighted by Gasteiger charge is 2.14. The molecule has 0 spiro atoms. The molecule has 25 heavy (non-hydrogen) atoms. The number of rotatable bonds is 4. The van der Waals surface area contributed by atoms with Crippen molar-refractivity contribution in [3.05, 3.63) is 47.0 Å². The van der Waals surface area contributed by atoms with Crippen LogP contribution < -0.4 is 11.1 Å². The molecule has 0 unspecified atom stereocenters. The average molecular weight is 339 g/mol. The maximum Gasteiger partial charge on any atom is 0.322 e. The SMILES string of the molecule is Cc1cc(N)nc(C)c1CNC(=O)c1coc(N=C2C=CCCC2)n1. The monoisotopic (exact) mass is 339 g/mol. The van der Waals surface area contributed by atoms with E-state index in [1.54, 1.807) is 6.07 Å². The third-order valence-electron chi connectivity index (χ3n) is 4.08. The van der Waals surface area contributed by atoms with Gasteiger partial charge in [-0.25, -0.2) is 4.98 Å². The summed E-state index contributed by atoms with van der Waals surface area (Å²) in [5, 5.41) is 2.83. The van der Waals surface area contributed by atoms with Crippen molar-refractivity contribution in [1.82, 2.24) is 15.3 Å². The van der Waals surface area contributed by atoms with Crippen molar-refractivity contribution in [3.63, 3.8) is 0 Å². The van der Waals surface area contributed by atoms with Crippen LogP contribution in [-0.4, -0.2) is 21.6 Å². The van der Waals surface area contributed by atoms with Gasteiger partial charge in [0.25, 0.3) is 5.91 Å². The molecule has 7 heteroatoms. The van der Waals surface area contributed by atoms with Crippen molar-refractivity contribution in [3.8, 4) is 0 Å². The minimum atomic E-state index is -0.315. The maximum atomic E-state index is 12.3. The quantitative estimate of drug-likeness (QED) is 0.890. The third-order valence-corrected chi connectivity index (χ3v) is 4.08. The van der Waals surface area contributed by atoms with Gasteiger partial charge in [0.1, 0.15) is 12.1 Å². The van der Waals surface area contributed by atoms with Gasteiger partial charge in [-0.15, -0.1) is 0 Å². The molecule has 0 aromatic carbocycles. The van der Waals surface area contributed by atoms with Crippen LogP contribution in [0.5, 0.6) is 0 Å². The minimum absolute atomic E-state index is 0.202. The third kappa shape index (κ3) is 4.12. The Morgan fingerprint density at radius 2 is 2.24 bits per heavy atom. The lowest BCUT2D eigenvalue weighted by Gasteiger charge is -2.10. The van der Waals surface area contributed by atoms with E-state index in [1.165, 1.54) is 6.26 Å². The van der Waals surface area contributed by atoms with Gasteiger partial charge in [0, 0.05) is 18.0 Å². The molecular formula is C18H21N5O2. The Hall–Kier alpha value is -2.96. The number of nitrogens with two attached hydrogens (primary N) is 1. The summed E-state index contributed by atoms with van der Waals surface area (Å²) in [7, 11) is 0. The van der Waals surface area contributed by atoms with Gasteiger partial charge in [-0.1, -0.05) is 6.08 Å². The summed E-state index contributed by atoms with van der Waals surface area (Å²) in [5.41, 5.74) is 9.57. The molecule has 130 valence electrons. The molecule has 0 saturated carbocycles. The first-order valence-corrected chi connectivity index (χ1v) is 8.23. The van der Waals surface area contributed by atoms with Crippen molar-refractivity contribution in [2.45, 2.75) is 39.7 Å². The molecule has 1 aliphatic rings. The lowest BCUT2D eigenvalue weighted by Crippen LogP contribution is -2.24. The summed E-state index contributed by atoms with van der Waals surface area (Å²) in [4.78, 5) is 25.0. The number of aryl methyl sites for hydroxylation is 2. The van der Waals surface area contributed by atoms with Gasteiger partial charge in [-0.2, -0.15) is 9.98 Å². The van der Waals surface area contributed by atoms with Crippen LogP contribution in [0, 0.1) is 13.8 Å². The predicted octanol–water partition coefficient (Wildman–Crippen LogP) is 3.01. The Morgan fingerprint density at radius 3 is 2.96 bits per heavy atom. The summed E-state index contributed by atoms with van der Waals surface area (Å²) in [5.74, 6) is 0.159. The first kappa shape index (κ1) is 16.9. The number of aromatic nitrogens is 2. The topological polar surface area (TPSA) is 106 Å². The molecule has 7 nitrogen and oxygen atoms in total. The van der Waals surface area contributed by atoms with Gasteiger partial charge in [0.15, 0.2) is 5.69 Å². The summed E-state index contributed by atoms with van der Waals surface area (Å²) >= 11 is 0. The molecule has 0 saturated heterocycles. The number of carbonyl (C=O) groups is 1. The van der Waals surface area contributed by atoms with E-state index in [0.717, 1.165) is 41.8 Å². The molecule has 3 N–H and O–H groups in total. The number of oxazole rings is 1. The zero-order valence-electron chi connectivity index (χ0n) is 14.4. The maximum absolute atomic E-state index is 12.3. The largest absolute Gasteiger partial charge is 0.430 e. The number of nitrogens with one attached hydrogen (secondary N) is 1. The van der Waals surface area contributed by atoms with Gasteiger partial charge in [-0.05, 0) is 56.4 Å². The van der Waals surface area contributed by atoms with E-state index in [4.69, 9.17) is 10.2 Å². The van der Waals surface area contributed by atoms with E-state index in [2.05, 4.69) is 26.4 Å². The van der Waals surface area contributed by atoms with E-state index >= 15 is 0 Å². The van der Waals surface area contributed by atoms with E-state index in [1.807, 2.05) is 19.9 Å². The first-order chi connectivity index (χ1) is 12.0. The van der Waals surface area contributed by atoms with Crippen LogP contribution in [0.2, 0.25) is 0 Å². The highest BCUT2D eigenvalue weighted by atomic mass is 16.4. The number of nitrogen functional groups attached to an aromatic ring is 1. The summed E-state index contributed by atoms with van der Waals surface area (Å²) in [6, 6.07) is 1.99. The van der Waals surface area contributed by atoms with Crippen LogP contribution >= 0.6 is 0 Å². The fourth-order valence-electron chi connectivity index (χ4n) is 2.75. The van der Waals surface area contributed by atoms with E-state index in [-0.39, 0.29) is 17.6 Å². The number of hydrogen-bond donors (Lipinski definition) is 2. The number of hydrogen-bond acceptors (Lipinski definition) is 6. The summed E-state index contributed by atoms with van der Waals surface area (Å²) < 4.78 is 5.28. The number of carbonyl (C=O) groups excluding carboxylic acids is 1. The number of nitrogens with zero attached hydrogens (tertiary/aromatic N) is 3. The fourth-order valence-corrected chi connectivity index (χ4v) is 2.75. The van der Waals surface area contributed by atoms with Gasteiger partial charge in [-0.3, -0.25) is 4.79 Å². The molecule has 2 aromatic heterocycles. The van der Waals surface area contributed by atoms with Crippen molar-refractivity contribution in [2.24, 2.45) is 4.99 Å². The second-order valence-corrected chi connectivity index (χ2v) is 6.02. The van der Waals surface area contributed by atoms with Crippen LogP contribution in [0.25, 0.3) is 0 Å². The standard InChI is InChI=1S/C18H21N5O2/c1-11-8-16(19)21-12(2)14(11)9-20-17(24)15-10-25-18(23-15)22-13-6-4-3-5-7-13/h4,6,8,10H,3,5,7,9H2,1-2H3,(H2,19,21)(H,20,24). The van der Waals surface area contributed by atoms with E-state index in [9.17, 15) is 4.79 Å². The molecule has 2 aromatic rings. The Kier molecular flexibility index (Phi) is 4.92. The second kappa shape index (κ2) is 7.29. The average Bonchev–Trinajstić information content (AvgIpc) is 3.03. The smallest absolute Gasteiger partial charge is 0.322 e. The number of allylic oxidation sites excluding steroid dienone is 2. The lowest BCUT2D eigenvalue weighted by molar-refractivity contribution is 0.0946. The molecule has 1 aliphatic carbocycles. The molecule has 0 fully saturated rings. The van der Waals surface area contributed by atoms with Crippen LogP contribution in [0.1, 0.15) is 46.6 Å². The summed E-state index contributed by atoms with van der Waals surface area (Å²) in [6.07, 6.45) is 8.39. The molecule has 0 atom stereocenters. The molecule has 1 amide bonds. The predicted molar refractivity (Wildman–Crippen MR) is 95.9 cm³/mol. The van der Waals surface area contributed by atoms with Crippen LogP contribution in [0.4, 0.5) is 11.8 Å². The van der Waals surface area contributed by atoms with Gasteiger partial charge in [0.2, 0.25) is 0 Å². The fraction of sp³-hybridized carbons (Fsp3) is 0.333. The zero-order valence-corrected chi connectivity index (χ0v) is 14.4. The lowest BCUT2D eigenvalue weighted by atomic mass is 10.1. The molecule has 0 radical (unpaired) electrons. The Labute approximate surface area is 146 Å². The molecule has 0 bridgehead atoms. The first-order valence-electron chi connectivity index (χ1n) is 8.23. The van der Waals surface area contributed by atoms with Crippen molar-refractivity contribution in [2.75, 3.05) is 5.73 Å². The number of anilines is 1. The number of aliphatic imine (C=N–C) groups is 1. The Balaban J connectivity index is 1.66. The summed E-state index contributed by atoms with van der Waals surface area (Å²) in [6.45, 7) is 4.16. The normalized spacial score (nSPS) is 15.5. The van der Waals surface area contributed by atoms with Gasteiger partial charge >= 0.3 is 6.01 Å². The van der Waals surface area contributed by atoms with E-state index < -0.39 is 0 Å². The highest BCUT2D eigenvalue weighted by Crippen LogP contribution is 2.17. The van der Waals surface area contributed by atoms with Crippen molar-refractivity contribution < 1.29 is 9.21 Å². The Morgan fingerprint density at radius 1 is 1.40 bits per heavy atom. The Bertz CT molecular complexity index is 828. The van der Waals surface area contributed by atoms with Crippen LogP contribution in [0.15, 0.2) is 33.9 Å². The number of amides is 1. The highest BCUT2D eigenvalue weighted by molar-refractivity contribution is 5.97. The van der Waals surface area contributed by atoms with Crippen LogP contribution in [0.3, 0.4) is 0 Å². The molecule has 2 heterocycles. The van der Waals surface area contributed by atoms with Crippen LogP contribution in [-0.2, 0) is 6.54 Å². The second-order valence-electron chi connectivity index (χ2n) is 6.02. The van der Waals surface area contributed by atoms with E-state index in [0.29, 0.717) is 12.4 Å². The van der Waals surface area contributed by atoms with Crippen molar-refractivity contribution >= 4 is 23.5 Å². The minimum Gasteiger partial charge on any atom is -0.430 e. The van der Waals surface area contributed by atoms with Gasteiger partial charge < -0.3 is 15.5 Å². The zero-order chi connectivity index (χ0) is 17.8. The van der Waals surface area contributed by atoms with Crippen molar-refractivity contribution in [1.29, 1.82) is 0 Å².